The Morgan fingerprint density at radius 3 is 3.05 bits per heavy atom. The first kappa shape index (κ1) is 15.9. The minimum absolute atomic E-state index is 0.0670. The largest absolute Gasteiger partial charge is 0.382 e. The van der Waals surface area contributed by atoms with Crippen LogP contribution < -0.4 is 0 Å². The molecule has 0 saturated carbocycles. The molecule has 1 fully saturated rings. The maximum absolute atomic E-state index is 12.0. The molecule has 2 heterocycles. The molecule has 1 amide bonds. The van der Waals surface area contributed by atoms with Crippen molar-refractivity contribution in [2.45, 2.75) is 45.3 Å². The van der Waals surface area contributed by atoms with Gasteiger partial charge in [0.2, 0.25) is 5.91 Å². The molecule has 21 heavy (non-hydrogen) atoms. The van der Waals surface area contributed by atoms with Crippen LogP contribution in [-0.2, 0) is 20.9 Å². The molecule has 0 aliphatic carbocycles. The van der Waals surface area contributed by atoms with E-state index in [1.807, 2.05) is 11.8 Å². The van der Waals surface area contributed by atoms with E-state index in [4.69, 9.17) is 14.0 Å². The Bertz CT molecular complexity index is 449. The van der Waals surface area contributed by atoms with Crippen molar-refractivity contribution in [1.82, 2.24) is 15.0 Å². The number of carbonyl (C=O) groups is 1. The van der Waals surface area contributed by atoms with Gasteiger partial charge in [0.1, 0.15) is 6.61 Å². The number of carbonyl (C=O) groups excluding carboxylic acids is 1. The van der Waals surface area contributed by atoms with E-state index in [0.29, 0.717) is 31.3 Å². The van der Waals surface area contributed by atoms with Crippen molar-refractivity contribution < 1.29 is 18.8 Å². The van der Waals surface area contributed by atoms with Crippen LogP contribution in [0.4, 0.5) is 0 Å². The van der Waals surface area contributed by atoms with Crippen LogP contribution in [0.1, 0.15) is 50.4 Å². The quantitative estimate of drug-likeness (QED) is 0.713. The van der Waals surface area contributed by atoms with Crippen LogP contribution in [-0.4, -0.2) is 47.8 Å². The zero-order chi connectivity index (χ0) is 15.1. The smallest absolute Gasteiger partial charge is 0.252 e. The Morgan fingerprint density at radius 2 is 2.29 bits per heavy atom. The molecular weight excluding hydrogens is 274 g/mol. The van der Waals surface area contributed by atoms with Crippen LogP contribution in [0.5, 0.6) is 0 Å². The second-order valence-corrected chi connectivity index (χ2v) is 5.04. The Kier molecular flexibility index (Phi) is 6.13. The fourth-order valence-electron chi connectivity index (χ4n) is 2.47. The van der Waals surface area contributed by atoms with Crippen molar-refractivity contribution in [2.75, 3.05) is 26.9 Å². The highest BCUT2D eigenvalue weighted by molar-refractivity contribution is 5.76. The molecule has 0 spiro atoms. The van der Waals surface area contributed by atoms with E-state index in [0.717, 1.165) is 25.8 Å². The monoisotopic (exact) mass is 297 g/mol. The summed E-state index contributed by atoms with van der Waals surface area (Å²) in [7, 11) is 1.62. The van der Waals surface area contributed by atoms with Gasteiger partial charge in [-0.1, -0.05) is 12.1 Å². The van der Waals surface area contributed by atoms with Crippen molar-refractivity contribution in [2.24, 2.45) is 0 Å². The molecule has 1 unspecified atom stereocenters. The normalized spacial score (nSPS) is 19.0. The maximum atomic E-state index is 12.0. The van der Waals surface area contributed by atoms with Crippen LogP contribution in [0.3, 0.4) is 0 Å². The van der Waals surface area contributed by atoms with E-state index in [2.05, 4.69) is 10.1 Å². The molecule has 1 aromatic heterocycles. The summed E-state index contributed by atoms with van der Waals surface area (Å²) in [4.78, 5) is 18.2. The number of methoxy groups -OCH3 is 1. The third kappa shape index (κ3) is 4.25. The van der Waals surface area contributed by atoms with E-state index in [-0.39, 0.29) is 18.6 Å². The first-order valence-corrected chi connectivity index (χ1v) is 7.45. The molecule has 118 valence electrons. The van der Waals surface area contributed by atoms with Crippen LogP contribution in [0.25, 0.3) is 0 Å². The number of hydrogen-bond donors (Lipinski definition) is 0. The lowest BCUT2D eigenvalue weighted by Crippen LogP contribution is -2.38. The van der Waals surface area contributed by atoms with Gasteiger partial charge in [-0.3, -0.25) is 4.79 Å². The molecular formula is C14H23N3O4. The summed E-state index contributed by atoms with van der Waals surface area (Å²) in [6.07, 6.45) is 3.50. The predicted octanol–water partition coefficient (Wildman–Crippen LogP) is 1.70. The van der Waals surface area contributed by atoms with E-state index in [1.54, 1.807) is 7.11 Å². The van der Waals surface area contributed by atoms with Gasteiger partial charge >= 0.3 is 0 Å². The highest BCUT2D eigenvalue weighted by Crippen LogP contribution is 2.29. The van der Waals surface area contributed by atoms with Gasteiger partial charge in [-0.15, -0.1) is 0 Å². The maximum Gasteiger partial charge on any atom is 0.252 e. The van der Waals surface area contributed by atoms with Gasteiger partial charge in [0, 0.05) is 20.1 Å². The summed E-state index contributed by atoms with van der Waals surface area (Å²) < 4.78 is 15.4. The summed E-state index contributed by atoms with van der Waals surface area (Å²) in [5.74, 6) is 1.17. The Labute approximate surface area is 124 Å². The van der Waals surface area contributed by atoms with Gasteiger partial charge in [-0.25, -0.2) is 0 Å². The highest BCUT2D eigenvalue weighted by atomic mass is 16.5. The lowest BCUT2D eigenvalue weighted by atomic mass is 10.0. The Hall–Kier alpha value is -1.47. The predicted molar refractivity (Wildman–Crippen MR) is 74.4 cm³/mol. The summed E-state index contributed by atoms with van der Waals surface area (Å²) in [5, 5.41) is 4.01. The molecule has 1 atom stereocenters. The van der Waals surface area contributed by atoms with E-state index in [1.165, 1.54) is 0 Å². The van der Waals surface area contributed by atoms with E-state index < -0.39 is 0 Å². The number of piperidine rings is 1. The molecule has 1 aliphatic heterocycles. The van der Waals surface area contributed by atoms with Gasteiger partial charge < -0.3 is 18.9 Å². The fraction of sp³-hybridized carbons (Fsp3) is 0.786. The number of ether oxygens (including phenoxy) is 2. The third-order valence-corrected chi connectivity index (χ3v) is 3.56. The van der Waals surface area contributed by atoms with Crippen molar-refractivity contribution in [3.63, 3.8) is 0 Å². The van der Waals surface area contributed by atoms with E-state index in [9.17, 15) is 4.79 Å². The summed E-state index contributed by atoms with van der Waals surface area (Å²) >= 11 is 0. The van der Waals surface area contributed by atoms with Gasteiger partial charge in [0.15, 0.2) is 5.82 Å². The molecule has 0 bridgehead atoms. The number of aromatic nitrogens is 2. The Balaban J connectivity index is 1.96. The number of hydrogen-bond acceptors (Lipinski definition) is 6. The van der Waals surface area contributed by atoms with Crippen molar-refractivity contribution in [3.8, 4) is 0 Å². The van der Waals surface area contributed by atoms with Gasteiger partial charge in [0.05, 0.1) is 19.3 Å². The van der Waals surface area contributed by atoms with Crippen LogP contribution in [0.15, 0.2) is 4.52 Å². The molecule has 2 rings (SSSR count). The standard InChI is InChI=1S/C14H23N3O4/c1-3-13(18)17-7-5-4-6-11(17)14-15-12(21-16-14)10-20-9-8-19-2/h11H,3-10H2,1-2H3. The first-order valence-electron chi connectivity index (χ1n) is 7.45. The van der Waals surface area contributed by atoms with Crippen LogP contribution in [0.2, 0.25) is 0 Å². The van der Waals surface area contributed by atoms with Crippen molar-refractivity contribution >= 4 is 5.91 Å². The molecule has 0 radical (unpaired) electrons. The topological polar surface area (TPSA) is 77.7 Å². The minimum Gasteiger partial charge on any atom is -0.382 e. The Morgan fingerprint density at radius 1 is 1.43 bits per heavy atom. The zero-order valence-corrected chi connectivity index (χ0v) is 12.7. The highest BCUT2D eigenvalue weighted by Gasteiger charge is 2.30. The van der Waals surface area contributed by atoms with Crippen molar-refractivity contribution in [1.29, 1.82) is 0 Å². The molecule has 1 aliphatic rings. The van der Waals surface area contributed by atoms with Gasteiger partial charge in [-0.2, -0.15) is 4.98 Å². The number of nitrogens with zero attached hydrogens (tertiary/aromatic N) is 3. The second-order valence-electron chi connectivity index (χ2n) is 5.04. The molecule has 7 nitrogen and oxygen atoms in total. The second kappa shape index (κ2) is 8.09. The average molecular weight is 297 g/mol. The lowest BCUT2D eigenvalue weighted by molar-refractivity contribution is -0.134. The van der Waals surface area contributed by atoms with Gasteiger partial charge in [-0.05, 0) is 19.3 Å². The van der Waals surface area contributed by atoms with Gasteiger partial charge in [0.25, 0.3) is 5.89 Å². The third-order valence-electron chi connectivity index (χ3n) is 3.56. The van der Waals surface area contributed by atoms with E-state index >= 15 is 0 Å². The molecule has 7 heteroatoms. The SMILES string of the molecule is CCC(=O)N1CCCCC1c1noc(COCCOC)n1. The molecule has 0 aromatic carbocycles. The summed E-state index contributed by atoms with van der Waals surface area (Å²) in [6, 6.07) is -0.0670. The molecule has 1 aromatic rings. The molecule has 0 N–H and O–H groups in total. The fourth-order valence-corrected chi connectivity index (χ4v) is 2.47. The number of amides is 1. The number of rotatable bonds is 7. The first-order chi connectivity index (χ1) is 10.3. The zero-order valence-electron chi connectivity index (χ0n) is 12.7. The van der Waals surface area contributed by atoms with Crippen molar-refractivity contribution in [3.05, 3.63) is 11.7 Å². The lowest BCUT2D eigenvalue weighted by Gasteiger charge is -2.33. The minimum atomic E-state index is -0.0670. The van der Waals surface area contributed by atoms with Crippen LogP contribution >= 0.6 is 0 Å². The number of likely N-dealkylation sites (tertiary alicyclic amines) is 1. The summed E-state index contributed by atoms with van der Waals surface area (Å²) in [5.41, 5.74) is 0. The van der Waals surface area contributed by atoms with Crippen LogP contribution in [0, 0.1) is 0 Å². The summed E-state index contributed by atoms with van der Waals surface area (Å²) in [6.45, 7) is 3.93. The molecule has 1 saturated heterocycles. The average Bonchev–Trinajstić information content (AvgIpc) is 2.99.